The van der Waals surface area contributed by atoms with Crippen molar-refractivity contribution in [1.29, 1.82) is 0 Å². The molecule has 4 rings (SSSR count). The van der Waals surface area contributed by atoms with Gasteiger partial charge in [0.05, 0.1) is 11.3 Å². The molecular weight excluding hydrogens is 390 g/mol. The molecule has 1 aliphatic carbocycles. The SMILES string of the molecule is CC(C)Cn1c(SCC(=O)Nc2ccc3c(c2)CCC3)nc2ccsc2c1=O. The number of aryl methyl sites for hydroxylation is 2. The number of nitrogens with zero attached hydrogens (tertiary/aromatic N) is 2. The first kappa shape index (κ1) is 19.2. The van der Waals surface area contributed by atoms with Crippen molar-refractivity contribution in [1.82, 2.24) is 9.55 Å². The molecule has 146 valence electrons. The summed E-state index contributed by atoms with van der Waals surface area (Å²) in [5.41, 5.74) is 4.25. The number of rotatable bonds is 6. The number of benzene rings is 1. The Bertz CT molecular complexity index is 1080. The maximum absolute atomic E-state index is 12.8. The minimum atomic E-state index is -0.0845. The van der Waals surface area contributed by atoms with Crippen LogP contribution < -0.4 is 10.9 Å². The van der Waals surface area contributed by atoms with Crippen molar-refractivity contribution in [3.8, 4) is 0 Å². The Morgan fingerprint density at radius 1 is 1.29 bits per heavy atom. The minimum Gasteiger partial charge on any atom is -0.325 e. The van der Waals surface area contributed by atoms with Gasteiger partial charge in [-0.05, 0) is 59.9 Å². The van der Waals surface area contributed by atoms with E-state index in [4.69, 9.17) is 0 Å². The molecule has 0 bridgehead atoms. The number of nitrogens with one attached hydrogen (secondary N) is 1. The van der Waals surface area contributed by atoms with Crippen LogP contribution in [0, 0.1) is 5.92 Å². The zero-order valence-corrected chi connectivity index (χ0v) is 17.7. The van der Waals surface area contributed by atoms with Crippen molar-refractivity contribution < 1.29 is 4.79 Å². The number of amides is 1. The Hall–Kier alpha value is -2.12. The average molecular weight is 414 g/mol. The molecule has 2 heterocycles. The summed E-state index contributed by atoms with van der Waals surface area (Å²) in [6.45, 7) is 4.73. The van der Waals surface area contributed by atoms with Gasteiger partial charge in [0.15, 0.2) is 5.16 Å². The Balaban J connectivity index is 1.50. The number of hydrogen-bond donors (Lipinski definition) is 1. The lowest BCUT2D eigenvalue weighted by Crippen LogP contribution is -2.25. The van der Waals surface area contributed by atoms with Crippen molar-refractivity contribution in [3.63, 3.8) is 0 Å². The van der Waals surface area contributed by atoms with Gasteiger partial charge in [-0.3, -0.25) is 14.2 Å². The van der Waals surface area contributed by atoms with Crippen molar-refractivity contribution in [3.05, 3.63) is 51.1 Å². The number of aromatic nitrogens is 2. The Morgan fingerprint density at radius 2 is 2.11 bits per heavy atom. The summed E-state index contributed by atoms with van der Waals surface area (Å²) in [5, 5.41) is 5.46. The molecule has 0 unspecified atom stereocenters. The predicted octanol–water partition coefficient (Wildman–Crippen LogP) is 4.33. The number of thiophene rings is 1. The highest BCUT2D eigenvalue weighted by Gasteiger charge is 2.16. The van der Waals surface area contributed by atoms with Crippen LogP contribution >= 0.6 is 23.1 Å². The van der Waals surface area contributed by atoms with E-state index in [2.05, 4.69) is 36.3 Å². The molecule has 28 heavy (non-hydrogen) atoms. The third kappa shape index (κ3) is 4.00. The highest BCUT2D eigenvalue weighted by atomic mass is 32.2. The summed E-state index contributed by atoms with van der Waals surface area (Å²) >= 11 is 2.73. The second kappa shape index (κ2) is 8.09. The van der Waals surface area contributed by atoms with E-state index < -0.39 is 0 Å². The molecule has 3 aromatic rings. The van der Waals surface area contributed by atoms with Crippen LogP contribution in [0.3, 0.4) is 0 Å². The molecule has 0 fully saturated rings. The first-order valence-electron chi connectivity index (χ1n) is 9.54. The van der Waals surface area contributed by atoms with Gasteiger partial charge in [-0.15, -0.1) is 11.3 Å². The van der Waals surface area contributed by atoms with E-state index in [0.717, 1.165) is 18.5 Å². The molecule has 0 spiro atoms. The molecule has 0 saturated heterocycles. The fourth-order valence-corrected chi connectivity index (χ4v) is 5.12. The van der Waals surface area contributed by atoms with Crippen LogP contribution in [0.15, 0.2) is 39.6 Å². The fraction of sp³-hybridized carbons (Fsp3) is 0.381. The van der Waals surface area contributed by atoms with E-state index in [1.165, 1.54) is 40.6 Å². The van der Waals surface area contributed by atoms with E-state index in [9.17, 15) is 9.59 Å². The van der Waals surface area contributed by atoms with E-state index >= 15 is 0 Å². The predicted molar refractivity (Wildman–Crippen MR) is 117 cm³/mol. The number of fused-ring (bicyclic) bond motifs is 2. The van der Waals surface area contributed by atoms with Crippen molar-refractivity contribution >= 4 is 44.9 Å². The van der Waals surface area contributed by atoms with Gasteiger partial charge in [0.2, 0.25) is 5.91 Å². The van der Waals surface area contributed by atoms with Gasteiger partial charge in [-0.1, -0.05) is 31.7 Å². The molecule has 0 radical (unpaired) electrons. The van der Waals surface area contributed by atoms with Crippen LogP contribution in [-0.4, -0.2) is 21.2 Å². The summed E-state index contributed by atoms with van der Waals surface area (Å²) in [7, 11) is 0. The Kier molecular flexibility index (Phi) is 5.55. The van der Waals surface area contributed by atoms with Gasteiger partial charge >= 0.3 is 0 Å². The van der Waals surface area contributed by atoms with Crippen LogP contribution in [0.1, 0.15) is 31.4 Å². The Labute approximate surface area is 172 Å². The van der Waals surface area contributed by atoms with Gasteiger partial charge in [0, 0.05) is 12.2 Å². The van der Waals surface area contributed by atoms with Crippen molar-refractivity contribution in [2.24, 2.45) is 5.92 Å². The monoisotopic (exact) mass is 413 g/mol. The molecule has 2 aromatic heterocycles. The van der Waals surface area contributed by atoms with Gasteiger partial charge < -0.3 is 5.32 Å². The zero-order valence-electron chi connectivity index (χ0n) is 16.0. The number of anilines is 1. The summed E-state index contributed by atoms with van der Waals surface area (Å²) < 4.78 is 2.38. The number of thioether (sulfide) groups is 1. The molecular formula is C21H23N3O2S2. The summed E-state index contributed by atoms with van der Waals surface area (Å²) in [5.74, 6) is 0.451. The molecule has 1 aromatic carbocycles. The molecule has 1 N–H and O–H groups in total. The lowest BCUT2D eigenvalue weighted by Gasteiger charge is -2.14. The summed E-state index contributed by atoms with van der Waals surface area (Å²) in [6, 6.07) is 8.01. The number of carbonyl (C=O) groups excluding carboxylic acids is 1. The molecule has 1 aliphatic rings. The molecule has 0 saturated carbocycles. The van der Waals surface area contributed by atoms with Crippen LogP contribution in [-0.2, 0) is 24.2 Å². The molecule has 0 aliphatic heterocycles. The lowest BCUT2D eigenvalue weighted by molar-refractivity contribution is -0.113. The number of hydrogen-bond acceptors (Lipinski definition) is 5. The van der Waals surface area contributed by atoms with E-state index in [0.29, 0.717) is 27.8 Å². The van der Waals surface area contributed by atoms with Crippen LogP contribution in [0.5, 0.6) is 0 Å². The highest BCUT2D eigenvalue weighted by molar-refractivity contribution is 7.99. The first-order valence-corrected chi connectivity index (χ1v) is 11.4. The lowest BCUT2D eigenvalue weighted by atomic mass is 10.1. The third-order valence-corrected chi connectivity index (χ3v) is 6.66. The minimum absolute atomic E-state index is 0.0183. The van der Waals surface area contributed by atoms with E-state index in [1.807, 2.05) is 17.5 Å². The standard InChI is InChI=1S/C21H23N3O2S2/c1-13(2)11-24-20(26)19-17(8-9-27-19)23-21(24)28-12-18(25)22-16-7-6-14-4-3-5-15(14)10-16/h6-10,13H,3-5,11-12H2,1-2H3,(H,22,25). The Morgan fingerprint density at radius 3 is 2.93 bits per heavy atom. The number of carbonyl (C=O) groups is 1. The summed E-state index contributed by atoms with van der Waals surface area (Å²) in [6.07, 6.45) is 3.40. The highest BCUT2D eigenvalue weighted by Crippen LogP contribution is 2.26. The van der Waals surface area contributed by atoms with E-state index in [1.54, 1.807) is 4.57 Å². The summed E-state index contributed by atoms with van der Waals surface area (Å²) in [4.78, 5) is 29.9. The smallest absolute Gasteiger partial charge is 0.272 e. The maximum Gasteiger partial charge on any atom is 0.272 e. The largest absolute Gasteiger partial charge is 0.325 e. The quantitative estimate of drug-likeness (QED) is 0.482. The molecule has 5 nitrogen and oxygen atoms in total. The van der Waals surface area contributed by atoms with Crippen molar-refractivity contribution in [2.45, 2.75) is 44.8 Å². The topological polar surface area (TPSA) is 64.0 Å². The molecule has 7 heteroatoms. The fourth-order valence-electron chi connectivity index (χ4n) is 3.54. The second-order valence-electron chi connectivity index (χ2n) is 7.51. The average Bonchev–Trinajstić information content (AvgIpc) is 3.31. The van der Waals surface area contributed by atoms with Crippen LogP contribution in [0.2, 0.25) is 0 Å². The maximum atomic E-state index is 12.8. The first-order chi connectivity index (χ1) is 13.5. The second-order valence-corrected chi connectivity index (χ2v) is 9.37. The van der Waals surface area contributed by atoms with Gasteiger partial charge in [-0.25, -0.2) is 4.98 Å². The normalized spacial score (nSPS) is 13.2. The third-order valence-electron chi connectivity index (χ3n) is 4.79. The zero-order chi connectivity index (χ0) is 19.7. The van der Waals surface area contributed by atoms with Gasteiger partial charge in [0.25, 0.3) is 5.56 Å². The molecule has 0 atom stereocenters. The van der Waals surface area contributed by atoms with Crippen molar-refractivity contribution in [2.75, 3.05) is 11.1 Å². The van der Waals surface area contributed by atoms with Crippen LogP contribution in [0.4, 0.5) is 5.69 Å². The van der Waals surface area contributed by atoms with Gasteiger partial charge in [-0.2, -0.15) is 0 Å². The van der Waals surface area contributed by atoms with E-state index in [-0.39, 0.29) is 17.2 Å². The van der Waals surface area contributed by atoms with Gasteiger partial charge in [0.1, 0.15) is 4.70 Å². The van der Waals surface area contributed by atoms with Crippen LogP contribution in [0.25, 0.3) is 10.2 Å². The molecule has 1 amide bonds.